The van der Waals surface area contributed by atoms with Crippen LogP contribution in [0, 0.1) is 0 Å². The molecule has 1 aliphatic rings. The molecular formula is C13H19ClN4. The van der Waals surface area contributed by atoms with E-state index in [0.29, 0.717) is 12.7 Å². The van der Waals surface area contributed by atoms with Crippen LogP contribution in [0.25, 0.3) is 0 Å². The summed E-state index contributed by atoms with van der Waals surface area (Å²) in [5.41, 5.74) is 7.35. The molecule has 0 bridgehead atoms. The van der Waals surface area contributed by atoms with Crippen LogP contribution in [0.4, 0.5) is 0 Å². The maximum absolute atomic E-state index is 5.93. The highest BCUT2D eigenvalue weighted by Crippen LogP contribution is 2.19. The Kier molecular flexibility index (Phi) is 4.58. The third-order valence-corrected chi connectivity index (χ3v) is 3.13. The lowest BCUT2D eigenvalue weighted by Gasteiger charge is -2.20. The molecule has 0 saturated carbocycles. The van der Waals surface area contributed by atoms with Crippen molar-refractivity contribution in [1.29, 1.82) is 0 Å². The molecule has 3 N–H and O–H groups in total. The van der Waals surface area contributed by atoms with Crippen molar-refractivity contribution in [2.75, 3.05) is 13.2 Å². The molecule has 0 aliphatic carbocycles. The van der Waals surface area contributed by atoms with Crippen molar-refractivity contribution in [3.8, 4) is 0 Å². The van der Waals surface area contributed by atoms with Gasteiger partial charge in [-0.2, -0.15) is 0 Å². The number of hydrogen-bond donors (Lipinski definition) is 3. The van der Waals surface area contributed by atoms with E-state index in [9.17, 15) is 0 Å². The number of amidine groups is 1. The van der Waals surface area contributed by atoms with Gasteiger partial charge in [-0.3, -0.25) is 4.99 Å². The summed E-state index contributed by atoms with van der Waals surface area (Å²) >= 11 is 5.93. The van der Waals surface area contributed by atoms with Gasteiger partial charge in [0.05, 0.1) is 5.92 Å². The molecule has 0 fully saturated rings. The molecular weight excluding hydrogens is 248 g/mol. The van der Waals surface area contributed by atoms with Gasteiger partial charge in [0.1, 0.15) is 12.5 Å². The number of benzene rings is 1. The molecule has 0 amide bonds. The molecule has 1 atom stereocenters. The Morgan fingerprint density at radius 3 is 2.61 bits per heavy atom. The summed E-state index contributed by atoms with van der Waals surface area (Å²) < 4.78 is 0. The van der Waals surface area contributed by atoms with E-state index in [1.807, 2.05) is 12.1 Å². The fourth-order valence-corrected chi connectivity index (χ4v) is 2.04. The van der Waals surface area contributed by atoms with Gasteiger partial charge < -0.3 is 10.7 Å². The summed E-state index contributed by atoms with van der Waals surface area (Å²) in [4.78, 5) is 4.43. The molecule has 0 aromatic heterocycles. The summed E-state index contributed by atoms with van der Waals surface area (Å²) in [6.45, 7) is 5.76. The van der Waals surface area contributed by atoms with E-state index in [2.05, 4.69) is 47.1 Å². The van der Waals surface area contributed by atoms with Crippen molar-refractivity contribution in [2.45, 2.75) is 25.8 Å². The summed E-state index contributed by atoms with van der Waals surface area (Å²) in [5.74, 6) is 1.20. The molecule has 1 aromatic carbocycles. The molecule has 1 unspecified atom stereocenters. The maximum atomic E-state index is 5.93. The highest BCUT2D eigenvalue weighted by Gasteiger charge is 2.20. The van der Waals surface area contributed by atoms with Gasteiger partial charge in [0.15, 0.2) is 0 Å². The first kappa shape index (κ1) is 13.3. The summed E-state index contributed by atoms with van der Waals surface area (Å²) in [6.07, 6.45) is 0. The SMILES string of the molecule is CC(C)NCC(C1=NCNN1)c1ccc(Cl)cc1. The minimum absolute atomic E-state index is 0.222. The normalized spacial score (nSPS) is 16.6. The Bertz CT molecular complexity index is 414. The third kappa shape index (κ3) is 3.45. The van der Waals surface area contributed by atoms with Crippen LogP contribution >= 0.6 is 11.6 Å². The van der Waals surface area contributed by atoms with E-state index in [-0.39, 0.29) is 5.92 Å². The Labute approximate surface area is 113 Å². The monoisotopic (exact) mass is 266 g/mol. The van der Waals surface area contributed by atoms with Crippen LogP contribution in [0.5, 0.6) is 0 Å². The minimum Gasteiger partial charge on any atom is -0.313 e. The topological polar surface area (TPSA) is 48.5 Å². The molecule has 0 saturated heterocycles. The predicted octanol–water partition coefficient (Wildman–Crippen LogP) is 1.89. The van der Waals surface area contributed by atoms with Gasteiger partial charge in [-0.25, -0.2) is 5.43 Å². The van der Waals surface area contributed by atoms with Crippen LogP contribution in [0.2, 0.25) is 5.02 Å². The Morgan fingerprint density at radius 2 is 2.06 bits per heavy atom. The molecule has 1 aromatic rings. The van der Waals surface area contributed by atoms with Crippen LogP contribution < -0.4 is 16.2 Å². The molecule has 1 heterocycles. The smallest absolute Gasteiger partial charge is 0.121 e. The minimum atomic E-state index is 0.222. The van der Waals surface area contributed by atoms with Gasteiger partial charge >= 0.3 is 0 Å². The summed E-state index contributed by atoms with van der Waals surface area (Å²) in [6, 6.07) is 8.40. The predicted molar refractivity (Wildman–Crippen MR) is 75.9 cm³/mol. The van der Waals surface area contributed by atoms with Crippen molar-refractivity contribution in [1.82, 2.24) is 16.2 Å². The molecule has 1 aliphatic heterocycles. The number of halogens is 1. The van der Waals surface area contributed by atoms with Crippen molar-refractivity contribution in [2.24, 2.45) is 4.99 Å². The van der Waals surface area contributed by atoms with Crippen LogP contribution in [0.1, 0.15) is 25.3 Å². The molecule has 0 spiro atoms. The first-order valence-electron chi connectivity index (χ1n) is 6.19. The number of nitrogens with zero attached hydrogens (tertiary/aromatic N) is 1. The van der Waals surface area contributed by atoms with Crippen molar-refractivity contribution in [3.05, 3.63) is 34.9 Å². The van der Waals surface area contributed by atoms with E-state index >= 15 is 0 Å². The fraction of sp³-hybridized carbons (Fsp3) is 0.462. The highest BCUT2D eigenvalue weighted by atomic mass is 35.5. The van der Waals surface area contributed by atoms with E-state index in [0.717, 1.165) is 17.4 Å². The van der Waals surface area contributed by atoms with E-state index in [1.54, 1.807) is 0 Å². The quantitative estimate of drug-likeness (QED) is 0.763. The fourth-order valence-electron chi connectivity index (χ4n) is 1.91. The van der Waals surface area contributed by atoms with Crippen LogP contribution in [0.3, 0.4) is 0 Å². The van der Waals surface area contributed by atoms with Gasteiger partial charge in [-0.1, -0.05) is 37.6 Å². The lowest BCUT2D eigenvalue weighted by Crippen LogP contribution is -2.39. The zero-order chi connectivity index (χ0) is 13.0. The number of aliphatic imine (C=N–C) groups is 1. The Morgan fingerprint density at radius 1 is 1.33 bits per heavy atom. The van der Waals surface area contributed by atoms with Crippen LogP contribution in [-0.4, -0.2) is 25.1 Å². The Balaban J connectivity index is 2.15. The van der Waals surface area contributed by atoms with Gasteiger partial charge in [0, 0.05) is 17.6 Å². The second-order valence-corrected chi connectivity index (χ2v) is 5.11. The van der Waals surface area contributed by atoms with Gasteiger partial charge in [-0.05, 0) is 17.7 Å². The van der Waals surface area contributed by atoms with Gasteiger partial charge in [-0.15, -0.1) is 0 Å². The zero-order valence-electron chi connectivity index (χ0n) is 10.7. The second kappa shape index (κ2) is 6.18. The van der Waals surface area contributed by atoms with Crippen LogP contribution in [-0.2, 0) is 0 Å². The number of hydrogen-bond acceptors (Lipinski definition) is 4. The average molecular weight is 267 g/mol. The average Bonchev–Trinajstić information content (AvgIpc) is 2.85. The van der Waals surface area contributed by atoms with E-state index in [1.165, 1.54) is 5.56 Å². The van der Waals surface area contributed by atoms with Gasteiger partial charge in [0.2, 0.25) is 0 Å². The summed E-state index contributed by atoms with van der Waals surface area (Å²) in [5, 5.41) is 4.21. The third-order valence-electron chi connectivity index (χ3n) is 2.88. The van der Waals surface area contributed by atoms with Crippen molar-refractivity contribution >= 4 is 17.4 Å². The van der Waals surface area contributed by atoms with Crippen molar-refractivity contribution < 1.29 is 0 Å². The number of hydrazine groups is 1. The molecule has 18 heavy (non-hydrogen) atoms. The number of rotatable bonds is 5. The second-order valence-electron chi connectivity index (χ2n) is 4.67. The highest BCUT2D eigenvalue weighted by molar-refractivity contribution is 6.30. The molecule has 2 rings (SSSR count). The molecule has 4 nitrogen and oxygen atoms in total. The molecule has 5 heteroatoms. The lowest BCUT2D eigenvalue weighted by atomic mass is 9.97. The molecule has 0 radical (unpaired) electrons. The standard InChI is InChI=1S/C13H19ClN4/c1-9(2)15-7-12(13-16-8-17-18-13)10-3-5-11(14)6-4-10/h3-6,9,12,15,17H,7-8H2,1-2H3,(H,16,18). The Hall–Kier alpha value is -1.10. The molecule has 98 valence electrons. The largest absolute Gasteiger partial charge is 0.313 e. The van der Waals surface area contributed by atoms with E-state index in [4.69, 9.17) is 11.6 Å². The zero-order valence-corrected chi connectivity index (χ0v) is 11.5. The maximum Gasteiger partial charge on any atom is 0.121 e. The van der Waals surface area contributed by atoms with Gasteiger partial charge in [0.25, 0.3) is 0 Å². The summed E-state index contributed by atoms with van der Waals surface area (Å²) in [7, 11) is 0. The number of nitrogens with one attached hydrogen (secondary N) is 3. The van der Waals surface area contributed by atoms with Crippen LogP contribution in [0.15, 0.2) is 29.3 Å². The van der Waals surface area contributed by atoms with E-state index < -0.39 is 0 Å². The first-order valence-corrected chi connectivity index (χ1v) is 6.56. The van der Waals surface area contributed by atoms with Crippen molar-refractivity contribution in [3.63, 3.8) is 0 Å². The first-order chi connectivity index (χ1) is 8.66. The lowest BCUT2D eigenvalue weighted by molar-refractivity contribution is 0.570.